The van der Waals surface area contributed by atoms with Crippen LogP contribution >= 0.6 is 0 Å². The summed E-state index contributed by atoms with van der Waals surface area (Å²) in [4.78, 5) is 0. The predicted molar refractivity (Wildman–Crippen MR) is 67.6 cm³/mol. The Balaban J connectivity index is 1.76. The minimum absolute atomic E-state index is 0.412. The maximum Gasteiger partial charge on any atom is 0.138 e. The Bertz CT molecular complexity index is 342. The van der Waals surface area contributed by atoms with Gasteiger partial charge in [0, 0.05) is 18.2 Å². The van der Waals surface area contributed by atoms with E-state index in [1.807, 2.05) is 13.8 Å². The van der Waals surface area contributed by atoms with Gasteiger partial charge in [-0.15, -0.1) is 0 Å². The van der Waals surface area contributed by atoms with Gasteiger partial charge in [0.1, 0.15) is 5.76 Å². The summed E-state index contributed by atoms with van der Waals surface area (Å²) in [5.74, 6) is 1.66. The molecule has 1 aromatic heterocycles. The summed E-state index contributed by atoms with van der Waals surface area (Å²) in [5.41, 5.74) is 8.18. The van der Waals surface area contributed by atoms with Crippen molar-refractivity contribution in [3.8, 4) is 0 Å². The van der Waals surface area contributed by atoms with E-state index >= 15 is 0 Å². The number of rotatable bonds is 4. The van der Waals surface area contributed by atoms with Gasteiger partial charge in [0.2, 0.25) is 0 Å². The molecule has 1 aliphatic rings. The average molecular weight is 237 g/mol. The third-order valence-electron chi connectivity index (χ3n) is 3.74. The van der Waals surface area contributed by atoms with E-state index in [2.05, 4.69) is 10.5 Å². The summed E-state index contributed by atoms with van der Waals surface area (Å²) in [7, 11) is 0. The van der Waals surface area contributed by atoms with Crippen molar-refractivity contribution in [1.29, 1.82) is 0 Å². The Morgan fingerprint density at radius 2 is 2.24 bits per heavy atom. The van der Waals surface area contributed by atoms with Crippen LogP contribution in [-0.2, 0) is 6.54 Å². The van der Waals surface area contributed by atoms with Gasteiger partial charge >= 0.3 is 0 Å². The second-order valence-corrected chi connectivity index (χ2v) is 5.23. The second kappa shape index (κ2) is 5.65. The molecule has 1 aromatic rings. The van der Waals surface area contributed by atoms with E-state index < -0.39 is 0 Å². The van der Waals surface area contributed by atoms with Crippen molar-refractivity contribution in [1.82, 2.24) is 10.5 Å². The highest BCUT2D eigenvalue weighted by Gasteiger charge is 2.19. The third kappa shape index (κ3) is 3.30. The highest BCUT2D eigenvalue weighted by Crippen LogP contribution is 2.22. The van der Waals surface area contributed by atoms with Crippen LogP contribution in [0.15, 0.2) is 4.52 Å². The maximum absolute atomic E-state index is 5.99. The second-order valence-electron chi connectivity index (χ2n) is 5.23. The molecule has 1 fully saturated rings. The van der Waals surface area contributed by atoms with E-state index in [-0.39, 0.29) is 0 Å². The lowest BCUT2D eigenvalue weighted by Gasteiger charge is -2.26. The normalized spacial score (nSPS) is 25.1. The van der Waals surface area contributed by atoms with Crippen LogP contribution < -0.4 is 11.1 Å². The first-order valence-electron chi connectivity index (χ1n) is 6.55. The summed E-state index contributed by atoms with van der Waals surface area (Å²) in [5, 5.41) is 7.46. The van der Waals surface area contributed by atoms with Crippen molar-refractivity contribution in [2.75, 3.05) is 6.54 Å². The largest absolute Gasteiger partial charge is 0.361 e. The van der Waals surface area contributed by atoms with E-state index in [1.165, 1.54) is 24.8 Å². The zero-order valence-electron chi connectivity index (χ0n) is 10.8. The molecule has 2 rings (SSSR count). The molecule has 4 nitrogen and oxygen atoms in total. The number of nitrogens with zero attached hydrogens (tertiary/aromatic N) is 1. The molecule has 1 heterocycles. The summed E-state index contributed by atoms with van der Waals surface area (Å²) in [6.45, 7) is 5.86. The summed E-state index contributed by atoms with van der Waals surface area (Å²) in [6, 6.07) is 0.412. The highest BCUT2D eigenvalue weighted by atomic mass is 16.5. The minimum Gasteiger partial charge on any atom is -0.361 e. The van der Waals surface area contributed by atoms with Gasteiger partial charge in [-0.1, -0.05) is 11.6 Å². The van der Waals surface area contributed by atoms with E-state index in [1.54, 1.807) is 0 Å². The minimum atomic E-state index is 0.412. The van der Waals surface area contributed by atoms with Gasteiger partial charge in [0.25, 0.3) is 0 Å². The Kier molecular flexibility index (Phi) is 4.18. The van der Waals surface area contributed by atoms with Gasteiger partial charge in [0.05, 0.1) is 5.69 Å². The number of nitrogens with one attached hydrogen (secondary N) is 1. The smallest absolute Gasteiger partial charge is 0.138 e. The third-order valence-corrected chi connectivity index (χ3v) is 3.74. The van der Waals surface area contributed by atoms with E-state index in [0.717, 1.165) is 36.9 Å². The Morgan fingerprint density at radius 1 is 1.41 bits per heavy atom. The lowest BCUT2D eigenvalue weighted by atomic mass is 9.86. The van der Waals surface area contributed by atoms with Crippen LogP contribution in [0.1, 0.15) is 42.7 Å². The van der Waals surface area contributed by atoms with Gasteiger partial charge in [-0.3, -0.25) is 0 Å². The molecule has 2 unspecified atom stereocenters. The first kappa shape index (κ1) is 12.6. The van der Waals surface area contributed by atoms with Crippen LogP contribution in [0, 0.1) is 19.8 Å². The molecule has 17 heavy (non-hydrogen) atoms. The zero-order valence-corrected chi connectivity index (χ0v) is 10.8. The monoisotopic (exact) mass is 237 g/mol. The van der Waals surface area contributed by atoms with Crippen LogP contribution in [0.2, 0.25) is 0 Å². The van der Waals surface area contributed by atoms with Gasteiger partial charge in [-0.05, 0) is 45.6 Å². The molecular formula is C13H23N3O. The van der Waals surface area contributed by atoms with Gasteiger partial charge in [-0.2, -0.15) is 0 Å². The number of aromatic nitrogens is 1. The molecule has 4 heteroatoms. The molecular weight excluding hydrogens is 214 g/mol. The van der Waals surface area contributed by atoms with Crippen LogP contribution in [0.4, 0.5) is 0 Å². The Morgan fingerprint density at radius 3 is 2.88 bits per heavy atom. The fraction of sp³-hybridized carbons (Fsp3) is 0.769. The number of nitrogens with two attached hydrogens (primary N) is 1. The molecule has 0 amide bonds. The van der Waals surface area contributed by atoms with Gasteiger partial charge in [0.15, 0.2) is 0 Å². The highest BCUT2D eigenvalue weighted by molar-refractivity contribution is 5.20. The molecule has 1 saturated carbocycles. The van der Waals surface area contributed by atoms with Crippen LogP contribution in [0.5, 0.6) is 0 Å². The Labute approximate surface area is 103 Å². The summed E-state index contributed by atoms with van der Waals surface area (Å²) in [6.07, 6.45) is 4.94. The molecule has 0 aromatic carbocycles. The fourth-order valence-corrected chi connectivity index (χ4v) is 2.67. The standard InChI is InChI=1S/C13H23N3O/c1-9-13(10(2)17-16-9)8-15-7-11-4-3-5-12(14)6-11/h11-12,15H,3-8,14H2,1-2H3. The number of aryl methyl sites for hydroxylation is 2. The van der Waals surface area contributed by atoms with Crippen LogP contribution in [0.25, 0.3) is 0 Å². The lowest BCUT2D eigenvalue weighted by molar-refractivity contribution is 0.310. The quantitative estimate of drug-likeness (QED) is 0.839. The summed E-state index contributed by atoms with van der Waals surface area (Å²) >= 11 is 0. The molecule has 2 atom stereocenters. The molecule has 3 N–H and O–H groups in total. The maximum atomic E-state index is 5.99. The molecule has 0 spiro atoms. The average Bonchev–Trinajstić information content (AvgIpc) is 2.61. The zero-order chi connectivity index (χ0) is 12.3. The molecule has 1 aliphatic carbocycles. The molecule has 0 bridgehead atoms. The lowest BCUT2D eigenvalue weighted by Crippen LogP contribution is -2.33. The number of hydrogen-bond acceptors (Lipinski definition) is 4. The first-order chi connectivity index (χ1) is 8.16. The van der Waals surface area contributed by atoms with Crippen LogP contribution in [0.3, 0.4) is 0 Å². The first-order valence-corrected chi connectivity index (χ1v) is 6.55. The SMILES string of the molecule is Cc1noc(C)c1CNCC1CCCC(N)C1. The van der Waals surface area contributed by atoms with Crippen LogP contribution in [-0.4, -0.2) is 17.7 Å². The van der Waals surface area contributed by atoms with Crippen molar-refractivity contribution < 1.29 is 4.52 Å². The van der Waals surface area contributed by atoms with Gasteiger partial charge < -0.3 is 15.6 Å². The van der Waals surface area contributed by atoms with Gasteiger partial charge in [-0.25, -0.2) is 0 Å². The van der Waals surface area contributed by atoms with Crippen molar-refractivity contribution >= 4 is 0 Å². The summed E-state index contributed by atoms with van der Waals surface area (Å²) < 4.78 is 5.14. The number of hydrogen-bond donors (Lipinski definition) is 2. The van der Waals surface area contributed by atoms with E-state index in [9.17, 15) is 0 Å². The van der Waals surface area contributed by atoms with Crippen molar-refractivity contribution in [2.24, 2.45) is 11.7 Å². The molecule has 0 saturated heterocycles. The molecule has 0 radical (unpaired) electrons. The molecule has 96 valence electrons. The Hall–Kier alpha value is -0.870. The van der Waals surface area contributed by atoms with Crippen molar-refractivity contribution in [2.45, 2.75) is 52.1 Å². The van der Waals surface area contributed by atoms with Crippen molar-refractivity contribution in [3.05, 3.63) is 17.0 Å². The van der Waals surface area contributed by atoms with Crippen molar-refractivity contribution in [3.63, 3.8) is 0 Å². The predicted octanol–water partition coefficient (Wildman–Crippen LogP) is 1.90. The van der Waals surface area contributed by atoms with E-state index in [4.69, 9.17) is 10.3 Å². The topological polar surface area (TPSA) is 64.1 Å². The van der Waals surface area contributed by atoms with E-state index in [0.29, 0.717) is 6.04 Å². The fourth-order valence-electron chi connectivity index (χ4n) is 2.67. The molecule has 0 aliphatic heterocycles.